The van der Waals surface area contributed by atoms with Crippen LogP contribution in [0.2, 0.25) is 0 Å². The first-order chi connectivity index (χ1) is 12.2. The molecule has 0 saturated heterocycles. The van der Waals surface area contributed by atoms with Crippen LogP contribution in [0.5, 0.6) is 0 Å². The second-order valence-corrected chi connectivity index (χ2v) is 7.93. The first-order valence-electron chi connectivity index (χ1n) is 8.71. The fourth-order valence-corrected chi connectivity index (χ4v) is 4.58. The van der Waals surface area contributed by atoms with Crippen molar-refractivity contribution < 1.29 is 18.0 Å². The molecule has 0 fully saturated rings. The van der Waals surface area contributed by atoms with Crippen molar-refractivity contribution in [3.8, 4) is 0 Å². The van der Waals surface area contributed by atoms with Gasteiger partial charge < -0.3 is 4.57 Å². The fraction of sp³-hybridized carbons (Fsp3) is 0.556. The molecule has 1 atom stereocenters. The van der Waals surface area contributed by atoms with E-state index in [-0.39, 0.29) is 5.56 Å². The number of halogens is 3. The van der Waals surface area contributed by atoms with Crippen molar-refractivity contribution in [1.29, 1.82) is 0 Å². The fourth-order valence-electron chi connectivity index (χ4n) is 3.46. The number of thiazole rings is 1. The van der Waals surface area contributed by atoms with Crippen LogP contribution < -0.4 is 5.32 Å². The number of aryl methyl sites for hydroxylation is 2. The molecule has 0 aromatic carbocycles. The van der Waals surface area contributed by atoms with Gasteiger partial charge in [-0.2, -0.15) is 13.2 Å². The quantitative estimate of drug-likeness (QED) is 0.814. The predicted molar refractivity (Wildman–Crippen MR) is 95.8 cm³/mol. The van der Waals surface area contributed by atoms with Crippen molar-refractivity contribution in [2.24, 2.45) is 5.92 Å². The maximum atomic E-state index is 12.7. The maximum Gasteiger partial charge on any atom is 0.406 e. The Bertz CT molecular complexity index is 822. The zero-order valence-electron chi connectivity index (χ0n) is 15.0. The Morgan fingerprint density at radius 3 is 2.81 bits per heavy atom. The highest BCUT2D eigenvalue weighted by atomic mass is 32.1. The Balaban J connectivity index is 1.77. The van der Waals surface area contributed by atoms with Gasteiger partial charge in [-0.25, -0.2) is 4.98 Å². The summed E-state index contributed by atoms with van der Waals surface area (Å²) in [6, 6.07) is 1.50. The topological polar surface area (TPSA) is 46.9 Å². The molecule has 1 N–H and O–H groups in total. The lowest BCUT2D eigenvalue weighted by Gasteiger charge is -2.18. The molecule has 1 amide bonds. The van der Waals surface area contributed by atoms with Gasteiger partial charge in [0.1, 0.15) is 6.54 Å². The summed E-state index contributed by atoms with van der Waals surface area (Å²) in [6.07, 6.45) is -0.185. The van der Waals surface area contributed by atoms with E-state index in [9.17, 15) is 18.0 Å². The number of anilines is 1. The van der Waals surface area contributed by atoms with Crippen LogP contribution in [-0.2, 0) is 19.4 Å². The number of hydrogen-bond acceptors (Lipinski definition) is 3. The molecule has 0 aliphatic heterocycles. The van der Waals surface area contributed by atoms with Crippen LogP contribution in [0, 0.1) is 19.8 Å². The van der Waals surface area contributed by atoms with E-state index in [1.165, 1.54) is 29.2 Å². The number of aromatic nitrogens is 2. The van der Waals surface area contributed by atoms with E-state index >= 15 is 0 Å². The van der Waals surface area contributed by atoms with E-state index in [1.54, 1.807) is 6.92 Å². The van der Waals surface area contributed by atoms with Gasteiger partial charge in [0.05, 0.1) is 11.3 Å². The van der Waals surface area contributed by atoms with Crippen molar-refractivity contribution in [2.45, 2.75) is 59.2 Å². The molecule has 142 valence electrons. The zero-order chi connectivity index (χ0) is 19.1. The predicted octanol–water partition coefficient (Wildman–Crippen LogP) is 4.89. The second-order valence-electron chi connectivity index (χ2n) is 6.85. The lowest BCUT2D eigenvalue weighted by atomic mass is 9.89. The Morgan fingerprint density at radius 1 is 1.42 bits per heavy atom. The van der Waals surface area contributed by atoms with Crippen LogP contribution in [0.25, 0.3) is 0 Å². The van der Waals surface area contributed by atoms with Crippen LogP contribution in [0.15, 0.2) is 6.07 Å². The highest BCUT2D eigenvalue weighted by molar-refractivity contribution is 7.15. The number of hydrogen-bond donors (Lipinski definition) is 1. The van der Waals surface area contributed by atoms with Gasteiger partial charge in [-0.15, -0.1) is 11.3 Å². The van der Waals surface area contributed by atoms with Crippen LogP contribution in [-0.4, -0.2) is 21.6 Å². The van der Waals surface area contributed by atoms with Crippen LogP contribution in [0.4, 0.5) is 18.3 Å². The monoisotopic (exact) mass is 385 g/mol. The second kappa shape index (κ2) is 7.06. The van der Waals surface area contributed by atoms with Crippen LogP contribution in [0.1, 0.15) is 52.1 Å². The summed E-state index contributed by atoms with van der Waals surface area (Å²) >= 11 is 1.47. The summed E-state index contributed by atoms with van der Waals surface area (Å²) in [4.78, 5) is 18.3. The SMILES string of the molecule is CCC1CCc2nc(NC(=O)c3cc(C)n(CC(F)(F)F)c3C)sc2C1. The van der Waals surface area contributed by atoms with Crippen molar-refractivity contribution in [3.05, 3.63) is 33.6 Å². The summed E-state index contributed by atoms with van der Waals surface area (Å²) in [7, 11) is 0. The Hall–Kier alpha value is -1.83. The standard InChI is InChI=1S/C18H22F3N3OS/c1-4-12-5-6-14-15(8-12)26-17(22-14)23-16(25)13-7-10(2)24(11(13)3)9-18(19,20)21/h7,12H,4-6,8-9H2,1-3H3,(H,22,23,25). The highest BCUT2D eigenvalue weighted by Crippen LogP contribution is 2.34. The molecular weight excluding hydrogens is 363 g/mol. The molecule has 0 radical (unpaired) electrons. The minimum absolute atomic E-state index is 0.256. The van der Waals surface area contributed by atoms with Gasteiger partial charge in [-0.05, 0) is 45.1 Å². The Labute approximate surface area is 154 Å². The van der Waals surface area contributed by atoms with Gasteiger partial charge in [0.25, 0.3) is 5.91 Å². The molecule has 3 rings (SSSR count). The zero-order valence-corrected chi connectivity index (χ0v) is 15.9. The smallest absolute Gasteiger partial charge is 0.339 e. The molecular formula is C18H22F3N3OS. The minimum Gasteiger partial charge on any atom is -0.339 e. The number of nitrogens with one attached hydrogen (secondary N) is 1. The summed E-state index contributed by atoms with van der Waals surface area (Å²) < 4.78 is 39.3. The molecule has 1 unspecified atom stereocenters. The molecule has 4 nitrogen and oxygen atoms in total. The number of alkyl halides is 3. The van der Waals surface area contributed by atoms with Crippen molar-refractivity contribution in [3.63, 3.8) is 0 Å². The van der Waals surface area contributed by atoms with Crippen molar-refractivity contribution >= 4 is 22.4 Å². The third-order valence-corrected chi connectivity index (χ3v) is 6.03. The van der Waals surface area contributed by atoms with E-state index in [2.05, 4.69) is 17.2 Å². The molecule has 1 aliphatic carbocycles. The van der Waals surface area contributed by atoms with Crippen molar-refractivity contribution in [2.75, 3.05) is 5.32 Å². The summed E-state index contributed by atoms with van der Waals surface area (Å²) in [5.41, 5.74) is 2.02. The van der Waals surface area contributed by atoms with Gasteiger partial charge >= 0.3 is 6.18 Å². The van der Waals surface area contributed by atoms with E-state index in [0.717, 1.165) is 35.9 Å². The largest absolute Gasteiger partial charge is 0.406 e. The molecule has 1 aliphatic rings. The molecule has 26 heavy (non-hydrogen) atoms. The van der Waals surface area contributed by atoms with E-state index < -0.39 is 18.6 Å². The van der Waals surface area contributed by atoms with E-state index in [1.807, 2.05) is 0 Å². The molecule has 0 spiro atoms. The highest BCUT2D eigenvalue weighted by Gasteiger charge is 2.30. The third kappa shape index (κ3) is 3.95. The number of carbonyl (C=O) groups excluding carboxylic acids is 1. The third-order valence-electron chi connectivity index (χ3n) is 5.00. The number of fused-ring (bicyclic) bond motifs is 1. The molecule has 2 aromatic rings. The molecule has 0 bridgehead atoms. The number of carbonyl (C=O) groups is 1. The van der Waals surface area contributed by atoms with Gasteiger partial charge in [0.2, 0.25) is 0 Å². The van der Waals surface area contributed by atoms with E-state index in [4.69, 9.17) is 0 Å². The van der Waals surface area contributed by atoms with Gasteiger partial charge in [0, 0.05) is 16.3 Å². The lowest BCUT2D eigenvalue weighted by Crippen LogP contribution is -2.20. The minimum atomic E-state index is -4.33. The van der Waals surface area contributed by atoms with Gasteiger partial charge in [-0.1, -0.05) is 13.3 Å². The van der Waals surface area contributed by atoms with Crippen molar-refractivity contribution in [1.82, 2.24) is 9.55 Å². The van der Waals surface area contributed by atoms with Crippen LogP contribution >= 0.6 is 11.3 Å². The first kappa shape index (κ1) is 18.9. The lowest BCUT2D eigenvalue weighted by molar-refractivity contribution is -0.141. The summed E-state index contributed by atoms with van der Waals surface area (Å²) in [5.74, 6) is 0.248. The van der Waals surface area contributed by atoms with Gasteiger partial charge in [0.15, 0.2) is 5.13 Å². The molecule has 0 saturated carbocycles. The summed E-state index contributed by atoms with van der Waals surface area (Å²) in [5, 5.41) is 3.29. The molecule has 8 heteroatoms. The average molecular weight is 385 g/mol. The first-order valence-corrected chi connectivity index (χ1v) is 9.53. The number of rotatable bonds is 4. The average Bonchev–Trinajstić information content (AvgIpc) is 3.07. The maximum absolute atomic E-state index is 12.7. The Morgan fingerprint density at radius 2 is 2.15 bits per heavy atom. The number of amides is 1. The van der Waals surface area contributed by atoms with Gasteiger partial charge in [-0.3, -0.25) is 10.1 Å². The summed E-state index contributed by atoms with van der Waals surface area (Å²) in [6.45, 7) is 4.19. The van der Waals surface area contributed by atoms with Crippen LogP contribution in [0.3, 0.4) is 0 Å². The molecule has 2 aromatic heterocycles. The number of nitrogens with zero attached hydrogens (tertiary/aromatic N) is 2. The Kier molecular flexibility index (Phi) is 5.14. The normalized spacial score (nSPS) is 17.2. The molecule has 2 heterocycles. The van der Waals surface area contributed by atoms with E-state index in [0.29, 0.717) is 22.4 Å².